The van der Waals surface area contributed by atoms with E-state index in [1.54, 1.807) is 13.1 Å². The standard InChI is InChI=1S/C15H25N3O2/c1-11(2)18-10-14(9-16-18)20-12(3)15(19)17-13-7-5-4-6-8-13/h9-13H,4-8H2,1-3H3,(H,17,19). The second kappa shape index (κ2) is 6.77. The number of rotatable bonds is 5. The van der Waals surface area contributed by atoms with Gasteiger partial charge in [-0.1, -0.05) is 19.3 Å². The highest BCUT2D eigenvalue weighted by atomic mass is 16.5. The molecule has 1 aliphatic rings. The van der Waals surface area contributed by atoms with Gasteiger partial charge in [-0.15, -0.1) is 0 Å². The molecule has 1 aromatic heterocycles. The van der Waals surface area contributed by atoms with E-state index in [9.17, 15) is 4.79 Å². The van der Waals surface area contributed by atoms with E-state index in [-0.39, 0.29) is 5.91 Å². The third-order valence-electron chi connectivity index (χ3n) is 3.74. The van der Waals surface area contributed by atoms with E-state index < -0.39 is 6.10 Å². The molecule has 1 atom stereocenters. The zero-order chi connectivity index (χ0) is 14.5. The Morgan fingerprint density at radius 3 is 2.65 bits per heavy atom. The van der Waals surface area contributed by atoms with E-state index in [4.69, 9.17) is 4.74 Å². The second-order valence-corrected chi connectivity index (χ2v) is 5.85. The Bertz CT molecular complexity index is 436. The lowest BCUT2D eigenvalue weighted by Crippen LogP contribution is -2.43. The lowest BCUT2D eigenvalue weighted by molar-refractivity contribution is -0.128. The molecule has 0 radical (unpaired) electrons. The van der Waals surface area contributed by atoms with Crippen LogP contribution in [-0.4, -0.2) is 27.8 Å². The fourth-order valence-corrected chi connectivity index (χ4v) is 2.49. The van der Waals surface area contributed by atoms with E-state index in [1.807, 2.05) is 10.9 Å². The number of carbonyl (C=O) groups excluding carboxylic acids is 1. The highest BCUT2D eigenvalue weighted by molar-refractivity contribution is 5.81. The van der Waals surface area contributed by atoms with Crippen molar-refractivity contribution in [1.29, 1.82) is 0 Å². The average Bonchev–Trinajstić information content (AvgIpc) is 2.88. The molecule has 0 aliphatic heterocycles. The highest BCUT2D eigenvalue weighted by Crippen LogP contribution is 2.18. The second-order valence-electron chi connectivity index (χ2n) is 5.85. The van der Waals surface area contributed by atoms with Crippen molar-refractivity contribution in [3.8, 4) is 5.75 Å². The van der Waals surface area contributed by atoms with Gasteiger partial charge in [-0.05, 0) is 33.6 Å². The van der Waals surface area contributed by atoms with Crippen molar-refractivity contribution < 1.29 is 9.53 Å². The third-order valence-corrected chi connectivity index (χ3v) is 3.74. The molecule has 2 rings (SSSR count). The molecular formula is C15H25N3O2. The van der Waals surface area contributed by atoms with E-state index in [2.05, 4.69) is 24.3 Å². The SMILES string of the molecule is CC(Oc1cnn(C(C)C)c1)C(=O)NC1CCCCC1. The Labute approximate surface area is 120 Å². The first-order valence-electron chi connectivity index (χ1n) is 7.57. The Morgan fingerprint density at radius 2 is 2.05 bits per heavy atom. The van der Waals surface area contributed by atoms with Crippen molar-refractivity contribution >= 4 is 5.91 Å². The number of amides is 1. The predicted molar refractivity (Wildman–Crippen MR) is 77.7 cm³/mol. The Hall–Kier alpha value is -1.52. The normalized spacial score (nSPS) is 18.0. The number of nitrogens with zero attached hydrogens (tertiary/aromatic N) is 2. The van der Waals surface area contributed by atoms with Gasteiger partial charge in [-0.2, -0.15) is 5.10 Å². The van der Waals surface area contributed by atoms with Crippen LogP contribution in [0.2, 0.25) is 0 Å². The van der Waals surface area contributed by atoms with Crippen molar-refractivity contribution in [2.75, 3.05) is 0 Å². The van der Waals surface area contributed by atoms with Crippen LogP contribution in [0.1, 0.15) is 58.9 Å². The van der Waals surface area contributed by atoms with E-state index in [0.29, 0.717) is 17.8 Å². The van der Waals surface area contributed by atoms with Crippen molar-refractivity contribution in [3.05, 3.63) is 12.4 Å². The molecule has 1 unspecified atom stereocenters. The van der Waals surface area contributed by atoms with Crippen LogP contribution in [0.4, 0.5) is 0 Å². The van der Waals surface area contributed by atoms with Crippen LogP contribution in [0.15, 0.2) is 12.4 Å². The number of hydrogen-bond acceptors (Lipinski definition) is 3. The number of ether oxygens (including phenoxy) is 1. The number of nitrogens with one attached hydrogen (secondary N) is 1. The zero-order valence-electron chi connectivity index (χ0n) is 12.6. The van der Waals surface area contributed by atoms with Crippen molar-refractivity contribution in [3.63, 3.8) is 0 Å². The maximum absolute atomic E-state index is 12.1. The fourth-order valence-electron chi connectivity index (χ4n) is 2.49. The van der Waals surface area contributed by atoms with Crippen LogP contribution in [0, 0.1) is 0 Å². The van der Waals surface area contributed by atoms with Gasteiger partial charge in [0.25, 0.3) is 5.91 Å². The van der Waals surface area contributed by atoms with Crippen molar-refractivity contribution in [2.24, 2.45) is 0 Å². The highest BCUT2D eigenvalue weighted by Gasteiger charge is 2.21. The summed E-state index contributed by atoms with van der Waals surface area (Å²) in [5, 5.41) is 7.28. The molecule has 5 heteroatoms. The van der Waals surface area contributed by atoms with E-state index >= 15 is 0 Å². The molecule has 1 N–H and O–H groups in total. The van der Waals surface area contributed by atoms with E-state index in [1.165, 1.54) is 19.3 Å². The van der Waals surface area contributed by atoms with Gasteiger partial charge in [0.05, 0.1) is 12.4 Å². The molecule has 112 valence electrons. The topological polar surface area (TPSA) is 56.2 Å². The zero-order valence-corrected chi connectivity index (χ0v) is 12.6. The molecule has 20 heavy (non-hydrogen) atoms. The van der Waals surface area contributed by atoms with Crippen molar-refractivity contribution in [1.82, 2.24) is 15.1 Å². The van der Waals surface area contributed by atoms with Gasteiger partial charge in [0.1, 0.15) is 0 Å². The van der Waals surface area contributed by atoms with Gasteiger partial charge < -0.3 is 10.1 Å². The van der Waals surface area contributed by atoms with Crippen LogP contribution < -0.4 is 10.1 Å². The summed E-state index contributed by atoms with van der Waals surface area (Å²) in [5.74, 6) is 0.610. The minimum atomic E-state index is -0.485. The smallest absolute Gasteiger partial charge is 0.260 e. The first kappa shape index (κ1) is 14.9. The summed E-state index contributed by atoms with van der Waals surface area (Å²) >= 11 is 0. The summed E-state index contributed by atoms with van der Waals surface area (Å²) in [7, 11) is 0. The summed E-state index contributed by atoms with van der Waals surface area (Å²) in [5.41, 5.74) is 0. The molecule has 1 saturated carbocycles. The first-order chi connectivity index (χ1) is 9.56. The molecule has 1 aromatic rings. The molecule has 0 saturated heterocycles. The van der Waals surface area contributed by atoms with Gasteiger partial charge >= 0.3 is 0 Å². The molecular weight excluding hydrogens is 254 g/mol. The van der Waals surface area contributed by atoms with Crippen LogP contribution in [0.5, 0.6) is 5.75 Å². The summed E-state index contributed by atoms with van der Waals surface area (Å²) in [6.07, 6.45) is 8.88. The lowest BCUT2D eigenvalue weighted by Gasteiger charge is -2.24. The average molecular weight is 279 g/mol. The predicted octanol–water partition coefficient (Wildman–Crippen LogP) is 2.68. The minimum absolute atomic E-state index is 0.0332. The molecule has 0 bridgehead atoms. The van der Waals surface area contributed by atoms with Crippen LogP contribution in [0.3, 0.4) is 0 Å². The Balaban J connectivity index is 1.83. The fraction of sp³-hybridized carbons (Fsp3) is 0.733. The van der Waals surface area contributed by atoms with Crippen molar-refractivity contribution in [2.45, 2.75) is 71.1 Å². The molecule has 1 heterocycles. The van der Waals surface area contributed by atoms with Crippen LogP contribution in [0.25, 0.3) is 0 Å². The van der Waals surface area contributed by atoms with Gasteiger partial charge in [0.15, 0.2) is 11.9 Å². The minimum Gasteiger partial charge on any atom is -0.478 e. The van der Waals surface area contributed by atoms with Crippen LogP contribution >= 0.6 is 0 Å². The lowest BCUT2D eigenvalue weighted by atomic mass is 9.95. The molecule has 5 nitrogen and oxygen atoms in total. The number of hydrogen-bond donors (Lipinski definition) is 1. The molecule has 0 spiro atoms. The number of aromatic nitrogens is 2. The molecule has 1 fully saturated rings. The summed E-state index contributed by atoms with van der Waals surface area (Å²) in [6.45, 7) is 5.89. The molecule has 1 aliphatic carbocycles. The summed E-state index contributed by atoms with van der Waals surface area (Å²) in [6, 6.07) is 0.611. The maximum atomic E-state index is 12.1. The third kappa shape index (κ3) is 3.99. The number of carbonyl (C=O) groups is 1. The monoisotopic (exact) mass is 279 g/mol. The van der Waals surface area contributed by atoms with E-state index in [0.717, 1.165) is 12.8 Å². The summed E-state index contributed by atoms with van der Waals surface area (Å²) < 4.78 is 7.47. The molecule has 1 amide bonds. The van der Waals surface area contributed by atoms with Gasteiger partial charge in [-0.25, -0.2) is 0 Å². The Morgan fingerprint density at radius 1 is 1.35 bits per heavy atom. The Kier molecular flexibility index (Phi) is 5.04. The van der Waals surface area contributed by atoms with Gasteiger partial charge in [0.2, 0.25) is 0 Å². The largest absolute Gasteiger partial charge is 0.478 e. The van der Waals surface area contributed by atoms with Gasteiger partial charge in [0, 0.05) is 12.1 Å². The van der Waals surface area contributed by atoms with Crippen LogP contribution in [-0.2, 0) is 4.79 Å². The first-order valence-corrected chi connectivity index (χ1v) is 7.57. The molecule has 0 aromatic carbocycles. The maximum Gasteiger partial charge on any atom is 0.260 e. The van der Waals surface area contributed by atoms with Gasteiger partial charge in [-0.3, -0.25) is 9.48 Å². The quantitative estimate of drug-likeness (QED) is 0.901. The summed E-state index contributed by atoms with van der Waals surface area (Å²) in [4.78, 5) is 12.1.